The van der Waals surface area contributed by atoms with Gasteiger partial charge >= 0.3 is 122 Å². The molecule has 3 heteroatoms. The van der Waals surface area contributed by atoms with Crippen molar-refractivity contribution in [2.24, 2.45) is 4.99 Å². The SMILES string of the molecule is CCCCCCCCCCCCN=C([Se])NCCCC. The molecule has 0 aromatic rings. The van der Waals surface area contributed by atoms with Crippen molar-refractivity contribution in [3.63, 3.8) is 0 Å². The van der Waals surface area contributed by atoms with E-state index in [1.54, 1.807) is 0 Å². The molecule has 0 amide bonds. The number of nitrogens with zero attached hydrogens (tertiary/aromatic N) is 1. The van der Waals surface area contributed by atoms with Crippen molar-refractivity contribution in [1.29, 1.82) is 0 Å². The monoisotopic (exact) mass is 347 g/mol. The molecule has 0 aliphatic carbocycles. The fourth-order valence-electron chi connectivity index (χ4n) is 2.21. The van der Waals surface area contributed by atoms with Crippen LogP contribution in [0.4, 0.5) is 0 Å². The van der Waals surface area contributed by atoms with Crippen LogP contribution in [-0.2, 0) is 0 Å². The van der Waals surface area contributed by atoms with Gasteiger partial charge in [0, 0.05) is 0 Å². The summed E-state index contributed by atoms with van der Waals surface area (Å²) in [5.74, 6) is 0. The zero-order valence-electron chi connectivity index (χ0n) is 13.8. The van der Waals surface area contributed by atoms with Crippen LogP contribution in [0.5, 0.6) is 0 Å². The van der Waals surface area contributed by atoms with Crippen molar-refractivity contribution in [2.75, 3.05) is 13.1 Å². The number of rotatable bonds is 14. The summed E-state index contributed by atoms with van der Waals surface area (Å²) in [6.07, 6.45) is 16.3. The first-order chi connectivity index (χ1) is 9.81. The summed E-state index contributed by atoms with van der Waals surface area (Å²) in [5, 5.41) is 3.31. The van der Waals surface area contributed by atoms with Crippen LogP contribution in [0.2, 0.25) is 0 Å². The molecule has 0 aromatic heterocycles. The Morgan fingerprint density at radius 1 is 0.750 bits per heavy atom. The van der Waals surface area contributed by atoms with Crippen molar-refractivity contribution in [2.45, 2.75) is 90.9 Å². The summed E-state index contributed by atoms with van der Waals surface area (Å²) in [7, 11) is 0. The average molecular weight is 346 g/mol. The summed E-state index contributed by atoms with van der Waals surface area (Å²) in [4.78, 5) is 4.51. The molecule has 0 bridgehead atoms. The second-order valence-electron chi connectivity index (χ2n) is 5.65. The normalized spacial score (nSPS) is 11.8. The Labute approximate surface area is 135 Å². The van der Waals surface area contributed by atoms with E-state index in [2.05, 4.69) is 40.2 Å². The number of amidine groups is 1. The number of hydrogen-bond acceptors (Lipinski definition) is 1. The first-order valence-corrected chi connectivity index (χ1v) is 9.62. The van der Waals surface area contributed by atoms with Gasteiger partial charge in [0.05, 0.1) is 0 Å². The molecule has 0 unspecified atom stereocenters. The molecule has 0 heterocycles. The van der Waals surface area contributed by atoms with Crippen molar-refractivity contribution in [3.8, 4) is 0 Å². The van der Waals surface area contributed by atoms with Gasteiger partial charge < -0.3 is 0 Å². The molecule has 119 valence electrons. The molecule has 0 aliphatic heterocycles. The Hall–Kier alpha value is -0.0105. The fraction of sp³-hybridized carbons (Fsp3) is 0.941. The van der Waals surface area contributed by atoms with E-state index in [-0.39, 0.29) is 0 Å². The Bertz CT molecular complexity index is 217. The van der Waals surface area contributed by atoms with E-state index in [9.17, 15) is 0 Å². The molecule has 0 spiro atoms. The van der Waals surface area contributed by atoms with Gasteiger partial charge in [0.2, 0.25) is 0 Å². The molecule has 0 saturated carbocycles. The third-order valence-electron chi connectivity index (χ3n) is 3.57. The average Bonchev–Trinajstić information content (AvgIpc) is 2.45. The Morgan fingerprint density at radius 2 is 1.25 bits per heavy atom. The first-order valence-electron chi connectivity index (χ1n) is 8.76. The Morgan fingerprint density at radius 3 is 1.80 bits per heavy atom. The van der Waals surface area contributed by atoms with Gasteiger partial charge in [-0.25, -0.2) is 0 Å². The maximum atomic E-state index is 4.51. The number of unbranched alkanes of at least 4 members (excludes halogenated alkanes) is 10. The molecular formula is C17H35N2Se. The Balaban J connectivity index is 3.17. The molecular weight excluding hydrogens is 311 g/mol. The van der Waals surface area contributed by atoms with Crippen LogP contribution in [-0.4, -0.2) is 33.8 Å². The minimum absolute atomic E-state index is 0.970. The van der Waals surface area contributed by atoms with Crippen LogP contribution >= 0.6 is 0 Å². The summed E-state index contributed by atoms with van der Waals surface area (Å²) in [6, 6.07) is 0. The molecule has 0 atom stereocenters. The van der Waals surface area contributed by atoms with Gasteiger partial charge in [0.25, 0.3) is 0 Å². The first kappa shape index (κ1) is 20.0. The van der Waals surface area contributed by atoms with E-state index in [4.69, 9.17) is 0 Å². The van der Waals surface area contributed by atoms with Gasteiger partial charge in [-0.1, -0.05) is 13.3 Å². The zero-order chi connectivity index (χ0) is 14.9. The molecule has 0 rings (SSSR count). The molecule has 1 N–H and O–H groups in total. The minimum atomic E-state index is 0.970. The third kappa shape index (κ3) is 16.0. The predicted octanol–water partition coefficient (Wildman–Crippen LogP) is 4.82. The van der Waals surface area contributed by atoms with Gasteiger partial charge in [-0.05, 0) is 0 Å². The van der Waals surface area contributed by atoms with Crippen LogP contribution in [0, 0.1) is 0 Å². The molecule has 20 heavy (non-hydrogen) atoms. The van der Waals surface area contributed by atoms with Crippen molar-refractivity contribution < 1.29 is 0 Å². The van der Waals surface area contributed by atoms with E-state index in [0.29, 0.717) is 0 Å². The summed E-state index contributed by atoms with van der Waals surface area (Å²) in [6.45, 7) is 6.50. The van der Waals surface area contributed by atoms with E-state index in [1.807, 2.05) is 0 Å². The van der Waals surface area contributed by atoms with E-state index < -0.39 is 0 Å². The number of hydrogen-bond donors (Lipinski definition) is 1. The van der Waals surface area contributed by atoms with Crippen LogP contribution in [0.1, 0.15) is 90.9 Å². The summed E-state index contributed by atoms with van der Waals surface area (Å²) < 4.78 is 0.995. The Kier molecular flexibility index (Phi) is 17.0. The van der Waals surface area contributed by atoms with Gasteiger partial charge in [-0.2, -0.15) is 0 Å². The number of aliphatic imine (C=N–C) groups is 1. The van der Waals surface area contributed by atoms with E-state index in [1.165, 1.54) is 77.0 Å². The molecule has 0 saturated heterocycles. The second kappa shape index (κ2) is 17.0. The predicted molar refractivity (Wildman–Crippen MR) is 92.8 cm³/mol. The van der Waals surface area contributed by atoms with Crippen LogP contribution in [0.3, 0.4) is 0 Å². The van der Waals surface area contributed by atoms with Crippen molar-refractivity contribution >= 4 is 20.7 Å². The standard InChI is InChI=1S/C17H35N2Se/c1-3-5-7-8-9-10-11-12-13-14-16-19-17(20)18-15-6-4-2/h3-16H2,1-2H3,(H,18,19). The van der Waals surface area contributed by atoms with Crippen LogP contribution in [0.15, 0.2) is 4.99 Å². The van der Waals surface area contributed by atoms with Gasteiger partial charge in [0.1, 0.15) is 0 Å². The van der Waals surface area contributed by atoms with E-state index in [0.717, 1.165) is 17.8 Å². The van der Waals surface area contributed by atoms with Crippen LogP contribution in [0.25, 0.3) is 0 Å². The van der Waals surface area contributed by atoms with Crippen LogP contribution < -0.4 is 5.32 Å². The van der Waals surface area contributed by atoms with E-state index >= 15 is 0 Å². The zero-order valence-corrected chi connectivity index (χ0v) is 15.5. The van der Waals surface area contributed by atoms with Gasteiger partial charge in [-0.15, -0.1) is 0 Å². The number of nitrogens with one attached hydrogen (secondary N) is 1. The third-order valence-corrected chi connectivity index (χ3v) is 4.15. The van der Waals surface area contributed by atoms with Gasteiger partial charge in [0.15, 0.2) is 0 Å². The molecule has 2 nitrogen and oxygen atoms in total. The molecule has 0 fully saturated rings. The summed E-state index contributed by atoms with van der Waals surface area (Å²) in [5.41, 5.74) is 0. The molecule has 1 radical (unpaired) electrons. The fourth-order valence-corrected chi connectivity index (χ4v) is 2.61. The van der Waals surface area contributed by atoms with Crippen molar-refractivity contribution in [1.82, 2.24) is 5.32 Å². The van der Waals surface area contributed by atoms with Crippen molar-refractivity contribution in [3.05, 3.63) is 0 Å². The second-order valence-corrected chi connectivity index (χ2v) is 6.46. The molecule has 0 aliphatic rings. The topological polar surface area (TPSA) is 24.4 Å². The van der Waals surface area contributed by atoms with Gasteiger partial charge in [-0.3, -0.25) is 0 Å². The maximum absolute atomic E-state index is 4.51. The molecule has 0 aromatic carbocycles. The summed E-state index contributed by atoms with van der Waals surface area (Å²) >= 11 is 3.01. The quantitative estimate of drug-likeness (QED) is 0.207.